The molecule has 2 atom stereocenters. The van der Waals surface area contributed by atoms with Crippen molar-refractivity contribution in [2.75, 3.05) is 0 Å². The van der Waals surface area contributed by atoms with E-state index in [0.29, 0.717) is 5.75 Å². The summed E-state index contributed by atoms with van der Waals surface area (Å²) in [5, 5.41) is 9.11. The molecule has 0 radical (unpaired) electrons. The van der Waals surface area contributed by atoms with Gasteiger partial charge in [0.05, 0.1) is 0 Å². The molecule has 1 saturated heterocycles. The van der Waals surface area contributed by atoms with E-state index in [2.05, 4.69) is 28.2 Å². The van der Waals surface area contributed by atoms with E-state index in [1.807, 2.05) is 18.2 Å². The molecule has 1 aromatic carbocycles. The number of nitrogens with one attached hydrogen (secondary N) is 3. The van der Waals surface area contributed by atoms with Crippen LogP contribution in [-0.2, 0) is 4.79 Å². The maximum Gasteiger partial charge on any atom is 0.327 e. The summed E-state index contributed by atoms with van der Waals surface area (Å²) in [5.41, 5.74) is 8.80. The average molecular weight is 329 g/mol. The topological polar surface area (TPSA) is 82.6 Å². The van der Waals surface area contributed by atoms with E-state index in [1.54, 1.807) is 6.07 Å². The Morgan fingerprint density at radius 1 is 1.25 bits per heavy atom. The van der Waals surface area contributed by atoms with Gasteiger partial charge in [0.1, 0.15) is 5.75 Å². The molecule has 2 unspecified atom stereocenters. The predicted octanol–water partition coefficient (Wildman–Crippen LogP) is 1.78. The summed E-state index contributed by atoms with van der Waals surface area (Å²) in [5.74, 6) is 6.82. The van der Waals surface area contributed by atoms with Crippen molar-refractivity contribution in [3.8, 4) is 17.6 Å². The van der Waals surface area contributed by atoms with E-state index < -0.39 is 18.2 Å². The summed E-state index contributed by atoms with van der Waals surface area (Å²) in [7, 11) is 0. The molecule has 0 spiro atoms. The quantitative estimate of drug-likeness (QED) is 0.631. The van der Waals surface area contributed by atoms with Gasteiger partial charge in [-0.1, -0.05) is 37.2 Å². The minimum atomic E-state index is -0.985. The second kappa shape index (κ2) is 8.15. The molecular formula is C18H23N3O3. The number of rotatable bonds is 4. The average Bonchev–Trinajstić information content (AvgIpc) is 3.05. The number of hydrogen-bond acceptors (Lipinski definition) is 5. The first-order valence-corrected chi connectivity index (χ1v) is 8.47. The highest BCUT2D eigenvalue weighted by Gasteiger charge is 2.34. The molecule has 0 amide bonds. The number of aliphatic carboxylic acids is 1. The molecule has 0 aromatic heterocycles. The van der Waals surface area contributed by atoms with Crippen LogP contribution in [0.2, 0.25) is 0 Å². The van der Waals surface area contributed by atoms with Crippen LogP contribution in [0.1, 0.15) is 44.1 Å². The SMILES string of the molecule is O=C(O)C1NNNC1Oc1cccc(C#CCC2CCCCC2)c1. The zero-order chi connectivity index (χ0) is 16.8. The molecule has 128 valence electrons. The van der Waals surface area contributed by atoms with Crippen LogP contribution in [0.3, 0.4) is 0 Å². The fraction of sp³-hybridized carbons (Fsp3) is 0.500. The standard InChI is InChI=1S/C18H23N3O3/c22-18(23)16-17(20-21-19-16)24-15-11-5-10-14(12-15)9-4-8-13-6-2-1-3-7-13/h5,10-13,16-17,19-21H,1-3,6-8H2,(H,22,23). The molecular weight excluding hydrogens is 306 g/mol. The lowest BCUT2D eigenvalue weighted by Crippen LogP contribution is -2.44. The lowest BCUT2D eigenvalue weighted by atomic mass is 9.87. The van der Waals surface area contributed by atoms with Crippen LogP contribution in [0.4, 0.5) is 0 Å². The Morgan fingerprint density at radius 2 is 2.08 bits per heavy atom. The van der Waals surface area contributed by atoms with E-state index in [-0.39, 0.29) is 0 Å². The third-order valence-electron chi connectivity index (χ3n) is 4.46. The van der Waals surface area contributed by atoms with Gasteiger partial charge in [-0.3, -0.25) is 4.79 Å². The molecule has 4 N–H and O–H groups in total. The summed E-state index contributed by atoms with van der Waals surface area (Å²) < 4.78 is 5.70. The molecule has 1 saturated carbocycles. The van der Waals surface area contributed by atoms with Crippen molar-refractivity contribution in [1.82, 2.24) is 16.4 Å². The third kappa shape index (κ3) is 4.48. The molecule has 3 rings (SSSR count). The van der Waals surface area contributed by atoms with Gasteiger partial charge in [0.25, 0.3) is 0 Å². The Kier molecular flexibility index (Phi) is 5.70. The molecule has 1 heterocycles. The van der Waals surface area contributed by atoms with Gasteiger partial charge in [-0.25, -0.2) is 10.9 Å². The van der Waals surface area contributed by atoms with Gasteiger partial charge in [-0.15, -0.1) is 0 Å². The van der Waals surface area contributed by atoms with Gasteiger partial charge in [0, 0.05) is 12.0 Å². The van der Waals surface area contributed by atoms with Crippen LogP contribution in [0.15, 0.2) is 24.3 Å². The number of benzene rings is 1. The van der Waals surface area contributed by atoms with Crippen LogP contribution in [0, 0.1) is 17.8 Å². The molecule has 6 nitrogen and oxygen atoms in total. The second-order valence-electron chi connectivity index (χ2n) is 6.31. The summed E-state index contributed by atoms with van der Waals surface area (Å²) in [6.45, 7) is 0. The summed E-state index contributed by atoms with van der Waals surface area (Å²) >= 11 is 0. The number of ether oxygens (including phenoxy) is 1. The summed E-state index contributed by atoms with van der Waals surface area (Å²) in [4.78, 5) is 11.1. The van der Waals surface area contributed by atoms with Crippen molar-refractivity contribution in [1.29, 1.82) is 0 Å². The van der Waals surface area contributed by atoms with Gasteiger partial charge in [-0.05, 0) is 37.0 Å². The smallest absolute Gasteiger partial charge is 0.327 e. The first-order chi connectivity index (χ1) is 11.7. The van der Waals surface area contributed by atoms with Crippen molar-refractivity contribution in [2.24, 2.45) is 5.92 Å². The first kappa shape index (κ1) is 16.8. The Morgan fingerprint density at radius 3 is 2.88 bits per heavy atom. The van der Waals surface area contributed by atoms with Gasteiger partial charge in [0.2, 0.25) is 0 Å². The van der Waals surface area contributed by atoms with Gasteiger partial charge < -0.3 is 9.84 Å². The highest BCUT2D eigenvalue weighted by atomic mass is 16.5. The molecule has 0 bridgehead atoms. The van der Waals surface area contributed by atoms with Crippen molar-refractivity contribution < 1.29 is 14.6 Å². The lowest BCUT2D eigenvalue weighted by molar-refractivity contribution is -0.141. The van der Waals surface area contributed by atoms with E-state index >= 15 is 0 Å². The number of hydrazine groups is 2. The van der Waals surface area contributed by atoms with E-state index in [4.69, 9.17) is 9.84 Å². The Balaban J connectivity index is 1.59. The Labute approximate surface area is 141 Å². The van der Waals surface area contributed by atoms with E-state index in [9.17, 15) is 4.79 Å². The monoisotopic (exact) mass is 329 g/mol. The Bertz CT molecular complexity index is 632. The maximum absolute atomic E-state index is 11.1. The van der Waals surface area contributed by atoms with Crippen molar-refractivity contribution in [2.45, 2.75) is 50.8 Å². The molecule has 6 heteroatoms. The fourth-order valence-corrected chi connectivity index (χ4v) is 3.12. The number of carboxylic acid groups (broad SMARTS) is 1. The van der Waals surface area contributed by atoms with Gasteiger partial charge >= 0.3 is 5.97 Å². The molecule has 2 aliphatic rings. The lowest BCUT2D eigenvalue weighted by Gasteiger charge is -2.18. The van der Waals surface area contributed by atoms with E-state index in [0.717, 1.165) is 17.9 Å². The molecule has 24 heavy (non-hydrogen) atoms. The zero-order valence-electron chi connectivity index (χ0n) is 13.5. The largest absolute Gasteiger partial charge is 0.480 e. The number of hydrogen-bond donors (Lipinski definition) is 4. The normalized spacial score (nSPS) is 24.2. The van der Waals surface area contributed by atoms with Crippen LogP contribution in [-0.4, -0.2) is 23.3 Å². The second-order valence-corrected chi connectivity index (χ2v) is 6.31. The molecule has 1 aliphatic carbocycles. The van der Waals surface area contributed by atoms with Crippen molar-refractivity contribution >= 4 is 5.97 Å². The van der Waals surface area contributed by atoms with Gasteiger partial charge in [-0.2, -0.15) is 5.53 Å². The van der Waals surface area contributed by atoms with Crippen LogP contribution in [0.25, 0.3) is 0 Å². The van der Waals surface area contributed by atoms with Gasteiger partial charge in [0.15, 0.2) is 12.3 Å². The zero-order valence-corrected chi connectivity index (χ0v) is 13.5. The predicted molar refractivity (Wildman–Crippen MR) is 89.8 cm³/mol. The van der Waals surface area contributed by atoms with Crippen molar-refractivity contribution in [3.05, 3.63) is 29.8 Å². The highest BCUT2D eigenvalue weighted by Crippen LogP contribution is 2.25. The first-order valence-electron chi connectivity index (χ1n) is 8.47. The minimum Gasteiger partial charge on any atom is -0.480 e. The third-order valence-corrected chi connectivity index (χ3v) is 4.46. The van der Waals surface area contributed by atoms with E-state index in [1.165, 1.54) is 32.1 Å². The molecule has 1 aromatic rings. The highest BCUT2D eigenvalue weighted by molar-refractivity contribution is 5.74. The minimum absolute atomic E-state index is 0.591. The Hall–Kier alpha value is -2.07. The number of carboxylic acids is 1. The van der Waals surface area contributed by atoms with Crippen LogP contribution in [0.5, 0.6) is 5.75 Å². The summed E-state index contributed by atoms with van der Waals surface area (Å²) in [6.07, 6.45) is 6.87. The van der Waals surface area contributed by atoms with Crippen LogP contribution >= 0.6 is 0 Å². The maximum atomic E-state index is 11.1. The molecule has 2 fully saturated rings. The molecule has 1 aliphatic heterocycles. The fourth-order valence-electron chi connectivity index (χ4n) is 3.12. The summed E-state index contributed by atoms with van der Waals surface area (Å²) in [6, 6.07) is 6.59. The number of carbonyl (C=O) groups is 1. The van der Waals surface area contributed by atoms with Crippen LogP contribution < -0.4 is 21.1 Å². The van der Waals surface area contributed by atoms with Crippen molar-refractivity contribution in [3.63, 3.8) is 0 Å².